The van der Waals surface area contributed by atoms with E-state index in [1.807, 2.05) is 17.5 Å². The SMILES string of the molecule is O=C(CN1CCN(Cc2ccc(Cl)cc2Cl)CC1)Nc1nccs1. The number of rotatable bonds is 5. The fourth-order valence-corrected chi connectivity index (χ4v) is 3.66. The van der Waals surface area contributed by atoms with Gasteiger partial charge in [0.15, 0.2) is 5.13 Å². The number of anilines is 1. The lowest BCUT2D eigenvalue weighted by atomic mass is 10.2. The van der Waals surface area contributed by atoms with E-state index in [2.05, 4.69) is 20.1 Å². The maximum absolute atomic E-state index is 12.0. The molecular weight excluding hydrogens is 367 g/mol. The van der Waals surface area contributed by atoms with Crippen LogP contribution in [-0.2, 0) is 11.3 Å². The highest BCUT2D eigenvalue weighted by atomic mass is 35.5. The molecule has 1 aromatic heterocycles. The van der Waals surface area contributed by atoms with Gasteiger partial charge in [-0.1, -0.05) is 29.3 Å². The Balaban J connectivity index is 1.44. The summed E-state index contributed by atoms with van der Waals surface area (Å²) in [5.74, 6) is -0.0147. The molecule has 0 radical (unpaired) electrons. The van der Waals surface area contributed by atoms with Crippen molar-refractivity contribution in [1.29, 1.82) is 0 Å². The Morgan fingerprint density at radius 1 is 1.21 bits per heavy atom. The zero-order chi connectivity index (χ0) is 16.9. The normalized spacial score (nSPS) is 16.2. The Morgan fingerprint density at radius 3 is 2.62 bits per heavy atom. The number of aromatic nitrogens is 1. The topological polar surface area (TPSA) is 48.5 Å². The maximum atomic E-state index is 12.0. The Bertz CT molecular complexity index is 687. The maximum Gasteiger partial charge on any atom is 0.240 e. The summed E-state index contributed by atoms with van der Waals surface area (Å²) in [7, 11) is 0. The molecule has 1 N–H and O–H groups in total. The lowest BCUT2D eigenvalue weighted by Gasteiger charge is -2.34. The van der Waals surface area contributed by atoms with E-state index >= 15 is 0 Å². The van der Waals surface area contributed by atoms with Crippen molar-refractivity contribution in [2.75, 3.05) is 38.0 Å². The average molecular weight is 385 g/mol. The van der Waals surface area contributed by atoms with Gasteiger partial charge in [0.1, 0.15) is 0 Å². The summed E-state index contributed by atoms with van der Waals surface area (Å²) in [5, 5.41) is 6.66. The third kappa shape index (κ3) is 4.91. The smallest absolute Gasteiger partial charge is 0.240 e. The molecule has 1 aromatic carbocycles. The molecule has 5 nitrogen and oxygen atoms in total. The molecule has 0 spiro atoms. The Hall–Kier alpha value is -1.18. The average Bonchev–Trinajstić information content (AvgIpc) is 3.04. The van der Waals surface area contributed by atoms with E-state index in [1.165, 1.54) is 11.3 Å². The highest BCUT2D eigenvalue weighted by molar-refractivity contribution is 7.13. The van der Waals surface area contributed by atoms with Gasteiger partial charge >= 0.3 is 0 Å². The molecule has 8 heteroatoms. The quantitative estimate of drug-likeness (QED) is 0.859. The summed E-state index contributed by atoms with van der Waals surface area (Å²) in [6.45, 7) is 4.73. The fraction of sp³-hybridized carbons (Fsp3) is 0.375. The van der Waals surface area contributed by atoms with Gasteiger partial charge in [-0.3, -0.25) is 14.6 Å². The van der Waals surface area contributed by atoms with Crippen molar-refractivity contribution in [2.24, 2.45) is 0 Å². The minimum atomic E-state index is -0.0147. The molecule has 1 amide bonds. The molecule has 2 heterocycles. The minimum Gasteiger partial charge on any atom is -0.301 e. The van der Waals surface area contributed by atoms with Crippen LogP contribution in [0.4, 0.5) is 5.13 Å². The molecule has 1 aliphatic rings. The molecule has 1 aliphatic heterocycles. The van der Waals surface area contributed by atoms with Gasteiger partial charge < -0.3 is 5.32 Å². The van der Waals surface area contributed by atoms with Crippen LogP contribution in [0.2, 0.25) is 10.0 Å². The number of carbonyl (C=O) groups is 1. The van der Waals surface area contributed by atoms with Crippen LogP contribution in [0.3, 0.4) is 0 Å². The summed E-state index contributed by atoms with van der Waals surface area (Å²) in [4.78, 5) is 20.6. The predicted octanol–water partition coefficient (Wildman–Crippen LogP) is 3.21. The van der Waals surface area contributed by atoms with Crippen LogP contribution in [0.15, 0.2) is 29.8 Å². The van der Waals surface area contributed by atoms with E-state index in [9.17, 15) is 4.79 Å². The Labute approximate surface area is 155 Å². The van der Waals surface area contributed by atoms with E-state index in [0.29, 0.717) is 21.7 Å². The number of benzene rings is 1. The first-order valence-electron chi connectivity index (χ1n) is 7.68. The van der Waals surface area contributed by atoms with Gasteiger partial charge in [-0.05, 0) is 17.7 Å². The van der Waals surface area contributed by atoms with Crippen LogP contribution in [0.25, 0.3) is 0 Å². The third-order valence-electron chi connectivity index (χ3n) is 3.92. The number of hydrogen-bond donors (Lipinski definition) is 1. The molecule has 2 aromatic rings. The van der Waals surface area contributed by atoms with Crippen molar-refractivity contribution in [3.63, 3.8) is 0 Å². The second-order valence-corrected chi connectivity index (χ2v) is 7.41. The van der Waals surface area contributed by atoms with Crippen LogP contribution in [0, 0.1) is 0 Å². The van der Waals surface area contributed by atoms with Crippen molar-refractivity contribution < 1.29 is 4.79 Å². The molecule has 1 saturated heterocycles. The summed E-state index contributed by atoms with van der Waals surface area (Å²) >= 11 is 13.6. The van der Waals surface area contributed by atoms with Gasteiger partial charge in [0.25, 0.3) is 0 Å². The number of carbonyl (C=O) groups excluding carboxylic acids is 1. The second-order valence-electron chi connectivity index (χ2n) is 5.67. The zero-order valence-corrected chi connectivity index (χ0v) is 15.4. The number of nitrogens with one attached hydrogen (secondary N) is 1. The summed E-state index contributed by atoms with van der Waals surface area (Å²) in [6.07, 6.45) is 1.68. The summed E-state index contributed by atoms with van der Waals surface area (Å²) in [6, 6.07) is 5.61. The Morgan fingerprint density at radius 2 is 1.96 bits per heavy atom. The second kappa shape index (κ2) is 8.27. The van der Waals surface area contributed by atoms with E-state index in [0.717, 1.165) is 38.3 Å². The number of amides is 1. The number of halogens is 2. The Kier molecular flexibility index (Phi) is 6.08. The number of nitrogens with zero attached hydrogens (tertiary/aromatic N) is 3. The number of piperazine rings is 1. The summed E-state index contributed by atoms with van der Waals surface area (Å²) < 4.78 is 0. The van der Waals surface area contributed by atoms with Crippen LogP contribution >= 0.6 is 34.5 Å². The first-order valence-corrected chi connectivity index (χ1v) is 9.32. The van der Waals surface area contributed by atoms with E-state index < -0.39 is 0 Å². The van der Waals surface area contributed by atoms with Crippen LogP contribution < -0.4 is 5.32 Å². The molecule has 3 rings (SSSR count). The van der Waals surface area contributed by atoms with Gasteiger partial charge in [-0.15, -0.1) is 11.3 Å². The predicted molar refractivity (Wildman–Crippen MR) is 98.9 cm³/mol. The zero-order valence-electron chi connectivity index (χ0n) is 13.0. The largest absolute Gasteiger partial charge is 0.301 e. The van der Waals surface area contributed by atoms with E-state index in [4.69, 9.17) is 23.2 Å². The van der Waals surface area contributed by atoms with Gasteiger partial charge in [0, 0.05) is 54.3 Å². The van der Waals surface area contributed by atoms with Crippen LogP contribution in [0.1, 0.15) is 5.56 Å². The van der Waals surface area contributed by atoms with Crippen LogP contribution in [-0.4, -0.2) is 53.4 Å². The van der Waals surface area contributed by atoms with Crippen molar-refractivity contribution in [3.05, 3.63) is 45.4 Å². The molecule has 0 bridgehead atoms. The minimum absolute atomic E-state index is 0.0147. The van der Waals surface area contributed by atoms with Gasteiger partial charge in [-0.25, -0.2) is 4.98 Å². The third-order valence-corrected chi connectivity index (χ3v) is 5.20. The van der Waals surface area contributed by atoms with Gasteiger partial charge in [0.2, 0.25) is 5.91 Å². The van der Waals surface area contributed by atoms with Crippen molar-refractivity contribution >= 4 is 45.6 Å². The molecule has 1 fully saturated rings. The van der Waals surface area contributed by atoms with Crippen molar-refractivity contribution in [2.45, 2.75) is 6.54 Å². The van der Waals surface area contributed by atoms with E-state index in [1.54, 1.807) is 12.3 Å². The van der Waals surface area contributed by atoms with E-state index in [-0.39, 0.29) is 5.91 Å². The standard InChI is InChI=1S/C16H18Cl2N4OS/c17-13-2-1-12(14(18)9-13)10-21-4-6-22(7-5-21)11-15(23)20-16-19-3-8-24-16/h1-3,8-9H,4-7,10-11H2,(H,19,20,23). The first-order chi connectivity index (χ1) is 11.6. The highest BCUT2D eigenvalue weighted by Gasteiger charge is 2.20. The molecular formula is C16H18Cl2N4OS. The number of thiazole rings is 1. The molecule has 24 heavy (non-hydrogen) atoms. The molecule has 0 aliphatic carbocycles. The molecule has 128 valence electrons. The van der Waals surface area contributed by atoms with Crippen molar-refractivity contribution in [3.8, 4) is 0 Å². The monoisotopic (exact) mass is 384 g/mol. The number of hydrogen-bond acceptors (Lipinski definition) is 5. The van der Waals surface area contributed by atoms with Crippen molar-refractivity contribution in [1.82, 2.24) is 14.8 Å². The van der Waals surface area contributed by atoms with Gasteiger partial charge in [-0.2, -0.15) is 0 Å². The lowest BCUT2D eigenvalue weighted by Crippen LogP contribution is -2.48. The molecule has 0 unspecified atom stereocenters. The molecule has 0 atom stereocenters. The first kappa shape index (κ1) is 17.6. The summed E-state index contributed by atoms with van der Waals surface area (Å²) in [5.41, 5.74) is 1.08. The van der Waals surface area contributed by atoms with Crippen LogP contribution in [0.5, 0.6) is 0 Å². The fourth-order valence-electron chi connectivity index (χ4n) is 2.64. The van der Waals surface area contributed by atoms with Gasteiger partial charge in [0.05, 0.1) is 6.54 Å². The molecule has 0 saturated carbocycles. The highest BCUT2D eigenvalue weighted by Crippen LogP contribution is 2.22. The lowest BCUT2D eigenvalue weighted by molar-refractivity contribution is -0.117.